The van der Waals surface area contributed by atoms with Crippen molar-refractivity contribution in [2.75, 3.05) is 23.3 Å². The minimum absolute atomic E-state index is 0.0342. The second kappa shape index (κ2) is 11.4. The molecule has 1 fully saturated rings. The highest BCUT2D eigenvalue weighted by Crippen LogP contribution is 2.28. The van der Waals surface area contributed by atoms with E-state index in [1.165, 1.54) is 29.0 Å². The quantitative estimate of drug-likeness (QED) is 0.239. The van der Waals surface area contributed by atoms with E-state index >= 15 is 4.39 Å². The third-order valence-electron chi connectivity index (χ3n) is 7.30. The van der Waals surface area contributed by atoms with Gasteiger partial charge in [0, 0.05) is 42.4 Å². The number of halogens is 4. The molecule has 2 aromatic carbocycles. The van der Waals surface area contributed by atoms with Crippen molar-refractivity contribution < 1.29 is 17.6 Å². The molecule has 0 bridgehead atoms. The zero-order chi connectivity index (χ0) is 30.2. The number of alkyl halides is 3. The first-order chi connectivity index (χ1) is 19.9. The maximum absolute atomic E-state index is 15.2. The summed E-state index contributed by atoms with van der Waals surface area (Å²) in [5.74, 6) is 2.02. The lowest BCUT2D eigenvalue weighted by molar-refractivity contribution is -0.127. The van der Waals surface area contributed by atoms with Crippen LogP contribution >= 0.6 is 0 Å². The number of pyridine rings is 1. The van der Waals surface area contributed by atoms with Crippen LogP contribution in [0.1, 0.15) is 36.1 Å². The fourth-order valence-corrected chi connectivity index (χ4v) is 5.49. The molecule has 4 aromatic rings. The van der Waals surface area contributed by atoms with Crippen LogP contribution in [-0.4, -0.2) is 45.9 Å². The summed E-state index contributed by atoms with van der Waals surface area (Å²) in [4.78, 5) is 24.1. The zero-order valence-corrected chi connectivity index (χ0v) is 23.4. The van der Waals surface area contributed by atoms with Gasteiger partial charge in [-0.2, -0.15) is 18.2 Å². The number of aromatic nitrogens is 3. The third-order valence-corrected chi connectivity index (χ3v) is 7.30. The van der Waals surface area contributed by atoms with Crippen LogP contribution in [0.15, 0.2) is 53.5 Å². The number of piperazine rings is 1. The number of terminal acetylenes is 1. The van der Waals surface area contributed by atoms with Crippen LogP contribution in [0.25, 0.3) is 11.0 Å². The third kappa shape index (κ3) is 6.24. The van der Waals surface area contributed by atoms with E-state index in [1.807, 2.05) is 4.90 Å². The second-order valence-electron chi connectivity index (χ2n) is 10.7. The molecule has 2 aromatic heterocycles. The molecule has 3 heterocycles. The van der Waals surface area contributed by atoms with E-state index in [0.717, 1.165) is 0 Å². The highest BCUT2D eigenvalue weighted by molar-refractivity contribution is 5.77. The molecule has 42 heavy (non-hydrogen) atoms. The number of nitrogens with zero attached hydrogens (tertiary/aromatic N) is 4. The van der Waals surface area contributed by atoms with Crippen molar-refractivity contribution in [3.8, 4) is 12.3 Å². The summed E-state index contributed by atoms with van der Waals surface area (Å²) in [5, 5.41) is 6.84. The van der Waals surface area contributed by atoms with Crippen LogP contribution in [-0.2, 0) is 13.0 Å². The van der Waals surface area contributed by atoms with E-state index in [9.17, 15) is 18.0 Å². The molecule has 1 aliphatic heterocycles. The Balaban J connectivity index is 1.51. The Morgan fingerprint density at radius 2 is 1.88 bits per heavy atom. The van der Waals surface area contributed by atoms with Crippen molar-refractivity contribution in [3.05, 3.63) is 87.1 Å². The van der Waals surface area contributed by atoms with Gasteiger partial charge in [0.15, 0.2) is 0 Å². The first kappa shape index (κ1) is 29.1. The Hall–Kier alpha value is -4.43. The highest BCUT2D eigenvalue weighted by Gasteiger charge is 2.29. The molecular formula is C31H30F4N6O. The first-order valence-corrected chi connectivity index (χ1v) is 13.5. The molecule has 218 valence electrons. The van der Waals surface area contributed by atoms with Crippen LogP contribution in [0, 0.1) is 25.1 Å². The van der Waals surface area contributed by atoms with E-state index in [1.54, 1.807) is 31.2 Å². The van der Waals surface area contributed by atoms with Crippen LogP contribution in [0.2, 0.25) is 0 Å². The summed E-state index contributed by atoms with van der Waals surface area (Å²) in [7, 11) is 0. The molecule has 0 radical (unpaired) electrons. The second-order valence-corrected chi connectivity index (χ2v) is 10.7. The van der Waals surface area contributed by atoms with Gasteiger partial charge in [0.1, 0.15) is 11.5 Å². The molecule has 0 amide bonds. The minimum atomic E-state index is -4.43. The number of benzene rings is 2. The van der Waals surface area contributed by atoms with Crippen molar-refractivity contribution in [3.63, 3.8) is 0 Å². The van der Waals surface area contributed by atoms with Gasteiger partial charge in [-0.1, -0.05) is 24.1 Å². The molecule has 5 rings (SSSR count). The Morgan fingerprint density at radius 1 is 1.14 bits per heavy atom. The number of hydrogen-bond acceptors (Lipinski definition) is 6. The summed E-state index contributed by atoms with van der Waals surface area (Å²) < 4.78 is 56.5. The van der Waals surface area contributed by atoms with Crippen LogP contribution in [0.3, 0.4) is 0 Å². The van der Waals surface area contributed by atoms with Gasteiger partial charge in [-0.05, 0) is 61.7 Å². The lowest BCUT2D eigenvalue weighted by Gasteiger charge is -2.37. The zero-order valence-electron chi connectivity index (χ0n) is 23.4. The maximum Gasteiger partial charge on any atom is 0.393 e. The average Bonchev–Trinajstić information content (AvgIpc) is 2.90. The number of fused-ring (bicyclic) bond motifs is 1. The van der Waals surface area contributed by atoms with Gasteiger partial charge in [0.25, 0.3) is 5.56 Å². The Morgan fingerprint density at radius 3 is 2.55 bits per heavy atom. The van der Waals surface area contributed by atoms with Gasteiger partial charge in [0.2, 0.25) is 5.95 Å². The molecule has 11 heteroatoms. The van der Waals surface area contributed by atoms with E-state index in [0.29, 0.717) is 41.0 Å². The standard InChI is InChI=1S/C31H30F4N6O/c1-5-21-11-23-14-36-30(38-24-9-10-27(26(32)12-24)40-15-19(3)37-20(4)16-40)39-28(23)41(29(21)42)17-25-18(2)7-6-8-22(25)13-31(33,34)35/h1,6-12,14,19-20,37H,13,15-17H2,2-4H3,(H,36,38,39)/t19-,20+. The van der Waals surface area contributed by atoms with Crippen LogP contribution in [0.5, 0.6) is 0 Å². The summed E-state index contributed by atoms with van der Waals surface area (Å²) in [5.41, 5.74) is 1.55. The fraction of sp³-hybridized carbons (Fsp3) is 0.323. The van der Waals surface area contributed by atoms with Gasteiger partial charge in [-0.25, -0.2) is 9.37 Å². The minimum Gasteiger partial charge on any atom is -0.366 e. The summed E-state index contributed by atoms with van der Waals surface area (Å²) in [6.45, 7) is 6.96. The molecule has 2 atom stereocenters. The van der Waals surface area contributed by atoms with Crippen molar-refractivity contribution in [1.82, 2.24) is 19.9 Å². The Kier molecular flexibility index (Phi) is 7.93. The number of rotatable bonds is 6. The molecule has 0 aliphatic carbocycles. The highest BCUT2D eigenvalue weighted by atomic mass is 19.4. The Bertz CT molecular complexity index is 1730. The van der Waals surface area contributed by atoms with Crippen LogP contribution < -0.4 is 21.1 Å². The summed E-state index contributed by atoms with van der Waals surface area (Å²) in [6.07, 6.45) is 1.46. The molecule has 7 nitrogen and oxygen atoms in total. The number of anilines is 3. The number of aryl methyl sites for hydroxylation is 1. The average molecular weight is 579 g/mol. The van der Waals surface area contributed by atoms with Crippen molar-refractivity contribution in [2.24, 2.45) is 0 Å². The first-order valence-electron chi connectivity index (χ1n) is 13.5. The molecule has 0 saturated carbocycles. The SMILES string of the molecule is C#Cc1cc2cnc(Nc3ccc(N4C[C@@H](C)N[C@@H](C)C4)c(F)c3)nc2n(Cc2c(C)cccc2CC(F)(F)F)c1=O. The van der Waals surface area contributed by atoms with E-state index in [-0.39, 0.29) is 41.4 Å². The van der Waals surface area contributed by atoms with Crippen LogP contribution in [0.4, 0.5) is 34.9 Å². The topological polar surface area (TPSA) is 75.1 Å². The lowest BCUT2D eigenvalue weighted by atomic mass is 9.99. The van der Waals surface area contributed by atoms with E-state index in [2.05, 4.69) is 40.4 Å². The monoisotopic (exact) mass is 578 g/mol. The molecule has 2 N–H and O–H groups in total. The number of nitrogens with one attached hydrogen (secondary N) is 2. The van der Waals surface area contributed by atoms with Crippen molar-refractivity contribution in [2.45, 2.75) is 52.0 Å². The predicted molar refractivity (Wildman–Crippen MR) is 156 cm³/mol. The molecule has 1 aliphatic rings. The van der Waals surface area contributed by atoms with Crippen molar-refractivity contribution >= 4 is 28.4 Å². The molecule has 1 saturated heterocycles. The van der Waals surface area contributed by atoms with Gasteiger partial charge >= 0.3 is 6.18 Å². The largest absolute Gasteiger partial charge is 0.393 e. The lowest BCUT2D eigenvalue weighted by Crippen LogP contribution is -2.54. The Labute approximate surface area is 240 Å². The van der Waals surface area contributed by atoms with Gasteiger partial charge in [-0.15, -0.1) is 6.42 Å². The molecule has 0 unspecified atom stereocenters. The van der Waals surface area contributed by atoms with Gasteiger partial charge < -0.3 is 15.5 Å². The predicted octanol–water partition coefficient (Wildman–Crippen LogP) is 5.30. The van der Waals surface area contributed by atoms with Gasteiger partial charge in [-0.3, -0.25) is 9.36 Å². The fourth-order valence-electron chi connectivity index (χ4n) is 5.49. The summed E-state index contributed by atoms with van der Waals surface area (Å²) in [6, 6.07) is 11.3. The van der Waals surface area contributed by atoms with E-state index in [4.69, 9.17) is 6.42 Å². The number of hydrogen-bond donors (Lipinski definition) is 2. The summed E-state index contributed by atoms with van der Waals surface area (Å²) >= 11 is 0. The molecular weight excluding hydrogens is 548 g/mol. The van der Waals surface area contributed by atoms with Crippen molar-refractivity contribution in [1.29, 1.82) is 0 Å². The van der Waals surface area contributed by atoms with E-state index < -0.39 is 24.0 Å². The molecule has 0 spiro atoms. The maximum atomic E-state index is 15.2. The van der Waals surface area contributed by atoms with Gasteiger partial charge in [0.05, 0.1) is 24.2 Å². The normalized spacial score (nSPS) is 17.3. The smallest absolute Gasteiger partial charge is 0.366 e.